The molecule has 0 amide bonds. The normalized spacial score (nSPS) is 9.77. The van der Waals surface area contributed by atoms with Crippen LogP contribution in [0.3, 0.4) is 0 Å². The van der Waals surface area contributed by atoms with Crippen LogP contribution in [0, 0.1) is 6.92 Å². The molecule has 1 aromatic carbocycles. The average molecular weight is 181 g/mol. The van der Waals surface area contributed by atoms with Gasteiger partial charge >= 0.3 is 0 Å². The van der Waals surface area contributed by atoms with E-state index in [-0.39, 0.29) is 0 Å². The maximum atomic E-state index is 5.83. The van der Waals surface area contributed by atoms with Crippen LogP contribution in [0.2, 0.25) is 0 Å². The number of nitrogens with two attached hydrogens (primary N) is 2. The molecule has 0 heterocycles. The fourth-order valence-electron chi connectivity index (χ4n) is 1.21. The summed E-state index contributed by atoms with van der Waals surface area (Å²) in [7, 11) is 3.38. The molecule has 0 radical (unpaired) electrons. The second-order valence-corrected chi connectivity index (χ2v) is 2.84. The molecule has 0 aliphatic carbocycles. The zero-order valence-corrected chi connectivity index (χ0v) is 8.14. The largest absolute Gasteiger partial charge is 0.492 e. The van der Waals surface area contributed by atoms with Gasteiger partial charge in [-0.25, -0.2) is 0 Å². The minimum atomic E-state index is 0.590. The Morgan fingerprint density at radius 1 is 1.38 bits per heavy atom. The second kappa shape index (κ2) is 3.43. The van der Waals surface area contributed by atoms with E-state index in [1.807, 2.05) is 13.0 Å². The van der Waals surface area contributed by atoms with Crippen molar-refractivity contribution in [3.05, 3.63) is 11.6 Å². The number of nitrogens with one attached hydrogen (secondary N) is 1. The van der Waals surface area contributed by atoms with Gasteiger partial charge in [-0.05, 0) is 18.6 Å². The Hall–Kier alpha value is -1.58. The van der Waals surface area contributed by atoms with Gasteiger partial charge in [-0.15, -0.1) is 0 Å². The maximum absolute atomic E-state index is 5.83. The highest BCUT2D eigenvalue weighted by Gasteiger charge is 2.10. The van der Waals surface area contributed by atoms with Crippen LogP contribution in [0.15, 0.2) is 6.07 Å². The van der Waals surface area contributed by atoms with E-state index in [2.05, 4.69) is 5.32 Å². The van der Waals surface area contributed by atoms with Gasteiger partial charge in [0.25, 0.3) is 0 Å². The van der Waals surface area contributed by atoms with Crippen LogP contribution in [0.25, 0.3) is 0 Å². The molecule has 0 aliphatic heterocycles. The molecule has 0 saturated carbocycles. The van der Waals surface area contributed by atoms with E-state index in [0.29, 0.717) is 17.1 Å². The van der Waals surface area contributed by atoms with Gasteiger partial charge in [0.05, 0.1) is 18.5 Å². The molecule has 4 heteroatoms. The van der Waals surface area contributed by atoms with Gasteiger partial charge in [0.2, 0.25) is 0 Å². The topological polar surface area (TPSA) is 73.3 Å². The quantitative estimate of drug-likeness (QED) is 0.599. The molecular weight excluding hydrogens is 166 g/mol. The van der Waals surface area contributed by atoms with Crippen LogP contribution in [0.5, 0.6) is 5.75 Å². The first-order valence-corrected chi connectivity index (χ1v) is 4.02. The summed E-state index contributed by atoms with van der Waals surface area (Å²) in [5, 5.41) is 2.97. The summed E-state index contributed by atoms with van der Waals surface area (Å²) in [5.41, 5.74) is 14.5. The molecule has 0 atom stereocenters. The molecule has 72 valence electrons. The lowest BCUT2D eigenvalue weighted by atomic mass is 10.1. The first-order valence-electron chi connectivity index (χ1n) is 4.02. The van der Waals surface area contributed by atoms with Crippen molar-refractivity contribution in [2.75, 3.05) is 30.9 Å². The molecule has 0 aromatic heterocycles. The van der Waals surface area contributed by atoms with Crippen molar-refractivity contribution >= 4 is 17.1 Å². The monoisotopic (exact) mass is 181 g/mol. The van der Waals surface area contributed by atoms with Crippen LogP contribution in [-0.4, -0.2) is 14.2 Å². The van der Waals surface area contributed by atoms with Crippen molar-refractivity contribution < 1.29 is 4.74 Å². The fraction of sp³-hybridized carbons (Fsp3) is 0.333. The van der Waals surface area contributed by atoms with Crippen molar-refractivity contribution in [3.8, 4) is 5.75 Å². The van der Waals surface area contributed by atoms with E-state index in [1.165, 1.54) is 0 Å². The molecule has 1 rings (SSSR count). The van der Waals surface area contributed by atoms with E-state index < -0.39 is 0 Å². The van der Waals surface area contributed by atoms with Gasteiger partial charge in [0.1, 0.15) is 0 Å². The second-order valence-electron chi connectivity index (χ2n) is 2.84. The minimum absolute atomic E-state index is 0.590. The molecule has 13 heavy (non-hydrogen) atoms. The number of benzene rings is 1. The first kappa shape index (κ1) is 9.51. The van der Waals surface area contributed by atoms with E-state index >= 15 is 0 Å². The highest BCUT2D eigenvalue weighted by molar-refractivity contribution is 5.79. The highest BCUT2D eigenvalue weighted by Crippen LogP contribution is 2.36. The predicted octanol–water partition coefficient (Wildman–Crippen LogP) is 1.21. The zero-order chi connectivity index (χ0) is 10.0. The third-order valence-corrected chi connectivity index (χ3v) is 2.10. The lowest BCUT2D eigenvalue weighted by Gasteiger charge is -2.14. The lowest BCUT2D eigenvalue weighted by molar-refractivity contribution is 0.418. The number of hydrogen-bond donors (Lipinski definition) is 3. The average Bonchev–Trinajstić information content (AvgIpc) is 2.13. The summed E-state index contributed by atoms with van der Waals surface area (Å²) < 4.78 is 5.16. The molecule has 0 spiro atoms. The maximum Gasteiger partial charge on any atom is 0.165 e. The summed E-state index contributed by atoms with van der Waals surface area (Å²) in [5.74, 6) is 0.647. The van der Waals surface area contributed by atoms with Crippen LogP contribution in [0.4, 0.5) is 17.1 Å². The van der Waals surface area contributed by atoms with Gasteiger partial charge < -0.3 is 21.5 Å². The van der Waals surface area contributed by atoms with Crippen LogP contribution in [0.1, 0.15) is 5.56 Å². The Kier molecular flexibility index (Phi) is 2.51. The van der Waals surface area contributed by atoms with Crippen LogP contribution in [-0.2, 0) is 0 Å². The minimum Gasteiger partial charge on any atom is -0.492 e. The lowest BCUT2D eigenvalue weighted by Crippen LogP contribution is -2.03. The number of nitrogen functional groups attached to an aromatic ring is 2. The van der Waals surface area contributed by atoms with Crippen molar-refractivity contribution in [2.45, 2.75) is 6.92 Å². The molecule has 1 aromatic rings. The Bertz CT molecular complexity index is 323. The Morgan fingerprint density at radius 2 is 2.00 bits per heavy atom. The number of anilines is 3. The highest BCUT2D eigenvalue weighted by atomic mass is 16.5. The number of hydrogen-bond acceptors (Lipinski definition) is 4. The molecule has 4 nitrogen and oxygen atoms in total. The van der Waals surface area contributed by atoms with E-state index in [4.69, 9.17) is 16.2 Å². The van der Waals surface area contributed by atoms with Crippen molar-refractivity contribution in [2.24, 2.45) is 0 Å². The standard InChI is InChI=1S/C9H15N3O/c1-5-6(10)4-7(12-2)9(13-3)8(5)11/h4,12H,10-11H2,1-3H3. The summed E-state index contributed by atoms with van der Waals surface area (Å²) >= 11 is 0. The van der Waals surface area contributed by atoms with Crippen LogP contribution >= 0.6 is 0 Å². The van der Waals surface area contributed by atoms with Gasteiger partial charge in [-0.3, -0.25) is 0 Å². The van der Waals surface area contributed by atoms with Gasteiger partial charge in [0.15, 0.2) is 5.75 Å². The Labute approximate surface area is 77.9 Å². The molecule has 5 N–H and O–H groups in total. The SMILES string of the molecule is CNc1cc(N)c(C)c(N)c1OC. The number of ether oxygens (including phenoxy) is 1. The van der Waals surface area contributed by atoms with Crippen molar-refractivity contribution in [1.29, 1.82) is 0 Å². The van der Waals surface area contributed by atoms with Crippen LogP contribution < -0.4 is 21.5 Å². The fourth-order valence-corrected chi connectivity index (χ4v) is 1.21. The third-order valence-electron chi connectivity index (χ3n) is 2.10. The Morgan fingerprint density at radius 3 is 2.46 bits per heavy atom. The number of methoxy groups -OCH3 is 1. The van der Waals surface area contributed by atoms with Gasteiger partial charge in [-0.1, -0.05) is 0 Å². The van der Waals surface area contributed by atoms with E-state index in [9.17, 15) is 0 Å². The zero-order valence-electron chi connectivity index (χ0n) is 8.14. The third kappa shape index (κ3) is 1.47. The first-order chi connectivity index (χ1) is 6.11. The van der Waals surface area contributed by atoms with Gasteiger partial charge in [0, 0.05) is 12.7 Å². The van der Waals surface area contributed by atoms with E-state index in [0.717, 1.165) is 11.3 Å². The molecule has 0 bridgehead atoms. The van der Waals surface area contributed by atoms with Crippen molar-refractivity contribution in [1.82, 2.24) is 0 Å². The number of rotatable bonds is 2. The molecular formula is C9H15N3O. The summed E-state index contributed by atoms with van der Waals surface area (Å²) in [6, 6.07) is 1.81. The molecule has 0 fully saturated rings. The molecule has 0 aliphatic rings. The summed E-state index contributed by atoms with van der Waals surface area (Å²) in [6.07, 6.45) is 0. The summed E-state index contributed by atoms with van der Waals surface area (Å²) in [6.45, 7) is 1.87. The van der Waals surface area contributed by atoms with Gasteiger partial charge in [-0.2, -0.15) is 0 Å². The van der Waals surface area contributed by atoms with E-state index in [1.54, 1.807) is 14.2 Å². The molecule has 0 saturated heterocycles. The predicted molar refractivity (Wildman–Crippen MR) is 56.1 cm³/mol. The van der Waals surface area contributed by atoms with Crippen molar-refractivity contribution in [3.63, 3.8) is 0 Å². The molecule has 0 unspecified atom stereocenters. The smallest absolute Gasteiger partial charge is 0.165 e. The Balaban J connectivity index is 3.39. The summed E-state index contributed by atoms with van der Waals surface area (Å²) in [4.78, 5) is 0.